The fraction of sp³-hybridized carbons (Fsp3) is 0.917. The van der Waals surface area contributed by atoms with Gasteiger partial charge in [-0.15, -0.1) is 0 Å². The number of aliphatic hydroxyl groups excluding tert-OH is 1. The molecule has 2 aliphatic rings. The van der Waals surface area contributed by atoms with Crippen LogP contribution in [0, 0.1) is 11.8 Å². The van der Waals surface area contributed by atoms with Crippen LogP contribution in [0.4, 0.5) is 0 Å². The Morgan fingerprint density at radius 3 is 2.62 bits per heavy atom. The van der Waals surface area contributed by atoms with E-state index in [-0.39, 0.29) is 18.4 Å². The van der Waals surface area contributed by atoms with E-state index in [2.05, 4.69) is 12.2 Å². The highest BCUT2D eigenvalue weighted by Crippen LogP contribution is 2.28. The second-order valence-electron chi connectivity index (χ2n) is 5.08. The second-order valence-corrected chi connectivity index (χ2v) is 5.08. The van der Waals surface area contributed by atoms with Crippen molar-refractivity contribution in [2.75, 3.05) is 26.2 Å². The minimum absolute atomic E-state index is 0.0801. The minimum Gasteiger partial charge on any atom is -0.395 e. The van der Waals surface area contributed by atoms with Crippen LogP contribution in [0.15, 0.2) is 0 Å². The zero-order valence-electron chi connectivity index (χ0n) is 9.98. The third-order valence-corrected chi connectivity index (χ3v) is 3.97. The van der Waals surface area contributed by atoms with Gasteiger partial charge >= 0.3 is 0 Å². The molecule has 1 saturated heterocycles. The van der Waals surface area contributed by atoms with Crippen molar-refractivity contribution in [3.63, 3.8) is 0 Å². The van der Waals surface area contributed by atoms with E-state index >= 15 is 0 Å². The van der Waals surface area contributed by atoms with E-state index in [9.17, 15) is 4.79 Å². The summed E-state index contributed by atoms with van der Waals surface area (Å²) in [5, 5.41) is 12.3. The summed E-state index contributed by atoms with van der Waals surface area (Å²) in [4.78, 5) is 14.3. The lowest BCUT2D eigenvalue weighted by molar-refractivity contribution is -0.140. The van der Waals surface area contributed by atoms with E-state index in [1.807, 2.05) is 4.90 Å². The average Bonchev–Trinajstić information content (AvgIpc) is 2.60. The first kappa shape index (κ1) is 11.9. The molecule has 4 heteroatoms. The summed E-state index contributed by atoms with van der Waals surface area (Å²) in [7, 11) is 0. The molecule has 1 aliphatic carbocycles. The second kappa shape index (κ2) is 5.15. The summed E-state index contributed by atoms with van der Waals surface area (Å²) < 4.78 is 0. The van der Waals surface area contributed by atoms with Gasteiger partial charge in [0.1, 0.15) is 0 Å². The maximum absolute atomic E-state index is 12.4. The molecule has 0 aromatic rings. The molecule has 0 radical (unpaired) electrons. The number of amides is 1. The highest BCUT2D eigenvalue weighted by atomic mass is 16.3. The zero-order chi connectivity index (χ0) is 11.5. The van der Waals surface area contributed by atoms with Crippen molar-refractivity contribution in [2.45, 2.75) is 32.2 Å². The van der Waals surface area contributed by atoms with Gasteiger partial charge in [0, 0.05) is 19.1 Å². The molecule has 0 aromatic carbocycles. The van der Waals surface area contributed by atoms with Crippen molar-refractivity contribution in [1.82, 2.24) is 10.2 Å². The van der Waals surface area contributed by atoms with E-state index in [1.165, 1.54) is 6.42 Å². The van der Waals surface area contributed by atoms with Gasteiger partial charge in [-0.2, -0.15) is 0 Å². The molecule has 0 bridgehead atoms. The first-order valence-corrected chi connectivity index (χ1v) is 6.36. The largest absolute Gasteiger partial charge is 0.395 e. The van der Waals surface area contributed by atoms with Crippen LogP contribution in [0.1, 0.15) is 26.2 Å². The first-order valence-electron chi connectivity index (χ1n) is 6.36. The standard InChI is InChI=1S/C12H22N2O2/c1-9-7-13-8-11(9)12(16)14(5-6-15)10-3-2-4-10/h9-11,13,15H,2-8H2,1H3. The van der Waals surface area contributed by atoms with E-state index in [4.69, 9.17) is 5.11 Å². The van der Waals surface area contributed by atoms with E-state index in [0.717, 1.165) is 25.9 Å². The molecule has 2 rings (SSSR count). The van der Waals surface area contributed by atoms with Gasteiger partial charge in [-0.1, -0.05) is 6.92 Å². The van der Waals surface area contributed by atoms with Gasteiger partial charge in [0.25, 0.3) is 0 Å². The van der Waals surface area contributed by atoms with Crippen molar-refractivity contribution >= 4 is 5.91 Å². The van der Waals surface area contributed by atoms with Crippen LogP contribution >= 0.6 is 0 Å². The number of nitrogens with zero attached hydrogens (tertiary/aromatic N) is 1. The smallest absolute Gasteiger partial charge is 0.227 e. The summed E-state index contributed by atoms with van der Waals surface area (Å²) in [6.45, 7) is 4.45. The summed E-state index contributed by atoms with van der Waals surface area (Å²) in [5.74, 6) is 0.789. The van der Waals surface area contributed by atoms with Crippen molar-refractivity contribution < 1.29 is 9.90 Å². The van der Waals surface area contributed by atoms with Crippen LogP contribution in [0.25, 0.3) is 0 Å². The molecule has 1 saturated carbocycles. The van der Waals surface area contributed by atoms with Crippen LogP contribution in [-0.2, 0) is 4.79 Å². The molecule has 2 atom stereocenters. The lowest BCUT2D eigenvalue weighted by Gasteiger charge is -2.39. The third kappa shape index (κ3) is 2.23. The Kier molecular flexibility index (Phi) is 3.82. The Hall–Kier alpha value is -0.610. The van der Waals surface area contributed by atoms with E-state index < -0.39 is 0 Å². The predicted octanol–water partition coefficient (Wildman–Crippen LogP) is 0.215. The van der Waals surface area contributed by atoms with Crippen molar-refractivity contribution in [3.05, 3.63) is 0 Å². The van der Waals surface area contributed by atoms with Gasteiger partial charge in [0.15, 0.2) is 0 Å². The molecule has 1 amide bonds. The number of carbonyl (C=O) groups is 1. The number of aliphatic hydroxyl groups is 1. The maximum atomic E-state index is 12.4. The normalized spacial score (nSPS) is 30.1. The molecular formula is C12H22N2O2. The van der Waals surface area contributed by atoms with Gasteiger partial charge in [-0.3, -0.25) is 4.79 Å². The molecule has 16 heavy (non-hydrogen) atoms. The highest BCUT2D eigenvalue weighted by Gasteiger charge is 2.36. The van der Waals surface area contributed by atoms with Gasteiger partial charge in [0.2, 0.25) is 5.91 Å². The number of rotatable bonds is 4. The fourth-order valence-corrected chi connectivity index (χ4v) is 2.63. The fourth-order valence-electron chi connectivity index (χ4n) is 2.63. The number of hydrogen-bond donors (Lipinski definition) is 2. The van der Waals surface area contributed by atoms with Crippen LogP contribution < -0.4 is 5.32 Å². The Morgan fingerprint density at radius 1 is 1.44 bits per heavy atom. The van der Waals surface area contributed by atoms with Gasteiger partial charge in [-0.25, -0.2) is 0 Å². The van der Waals surface area contributed by atoms with Crippen LogP contribution in [-0.4, -0.2) is 48.2 Å². The molecule has 0 spiro atoms. The van der Waals surface area contributed by atoms with Gasteiger partial charge in [0.05, 0.1) is 12.5 Å². The van der Waals surface area contributed by atoms with Gasteiger partial charge < -0.3 is 15.3 Å². The average molecular weight is 226 g/mol. The first-order chi connectivity index (χ1) is 7.74. The van der Waals surface area contributed by atoms with E-state index in [1.54, 1.807) is 0 Å². The van der Waals surface area contributed by atoms with E-state index in [0.29, 0.717) is 18.5 Å². The molecular weight excluding hydrogens is 204 g/mol. The molecule has 1 heterocycles. The molecule has 2 N–H and O–H groups in total. The van der Waals surface area contributed by atoms with Crippen molar-refractivity contribution in [1.29, 1.82) is 0 Å². The number of hydrogen-bond acceptors (Lipinski definition) is 3. The number of carbonyl (C=O) groups excluding carboxylic acids is 1. The SMILES string of the molecule is CC1CNCC1C(=O)N(CCO)C1CCC1. The molecule has 1 aliphatic heterocycles. The molecule has 4 nitrogen and oxygen atoms in total. The zero-order valence-corrected chi connectivity index (χ0v) is 9.98. The summed E-state index contributed by atoms with van der Waals surface area (Å²) >= 11 is 0. The van der Waals surface area contributed by atoms with Crippen LogP contribution in [0.5, 0.6) is 0 Å². The van der Waals surface area contributed by atoms with Crippen molar-refractivity contribution in [3.8, 4) is 0 Å². The third-order valence-electron chi connectivity index (χ3n) is 3.97. The number of nitrogens with one attached hydrogen (secondary N) is 1. The molecule has 2 fully saturated rings. The Morgan fingerprint density at radius 2 is 2.19 bits per heavy atom. The Balaban J connectivity index is 1.98. The molecule has 0 aromatic heterocycles. The lowest BCUT2D eigenvalue weighted by Crippen LogP contribution is -2.49. The van der Waals surface area contributed by atoms with Crippen LogP contribution in [0.3, 0.4) is 0 Å². The summed E-state index contributed by atoms with van der Waals surface area (Å²) in [6, 6.07) is 0.396. The Labute approximate surface area is 97.0 Å². The minimum atomic E-state index is 0.0801. The summed E-state index contributed by atoms with van der Waals surface area (Å²) in [5.41, 5.74) is 0. The topological polar surface area (TPSA) is 52.6 Å². The molecule has 2 unspecified atom stereocenters. The maximum Gasteiger partial charge on any atom is 0.227 e. The quantitative estimate of drug-likeness (QED) is 0.721. The summed E-state index contributed by atoms with van der Waals surface area (Å²) in [6.07, 6.45) is 3.44. The Bertz CT molecular complexity index is 253. The monoisotopic (exact) mass is 226 g/mol. The molecule has 92 valence electrons. The van der Waals surface area contributed by atoms with Crippen LogP contribution in [0.2, 0.25) is 0 Å². The predicted molar refractivity (Wildman–Crippen MR) is 62.0 cm³/mol. The highest BCUT2D eigenvalue weighted by molar-refractivity contribution is 5.80. The van der Waals surface area contributed by atoms with Crippen molar-refractivity contribution in [2.24, 2.45) is 11.8 Å². The lowest BCUT2D eigenvalue weighted by atomic mass is 9.89. The van der Waals surface area contributed by atoms with Gasteiger partial charge in [-0.05, 0) is 31.7 Å².